The third-order valence-corrected chi connectivity index (χ3v) is 3.03. The molecular weight excluding hydrogens is 308 g/mol. The fraction of sp³-hybridized carbons (Fsp3) is 0.500. The van der Waals surface area contributed by atoms with Crippen LogP contribution in [0.4, 0.5) is 0 Å². The summed E-state index contributed by atoms with van der Waals surface area (Å²) in [6, 6.07) is 5.50. The van der Waals surface area contributed by atoms with Gasteiger partial charge in [-0.15, -0.1) is 0 Å². The number of benzene rings is 1. The van der Waals surface area contributed by atoms with E-state index in [4.69, 9.17) is 10.5 Å². The number of nitrogens with one attached hydrogen (secondary N) is 1. The molecule has 1 amide bonds. The van der Waals surface area contributed by atoms with E-state index in [1.165, 1.54) is 0 Å². The van der Waals surface area contributed by atoms with E-state index in [0.29, 0.717) is 18.2 Å². The molecule has 3 N–H and O–H groups in total. The zero-order valence-corrected chi connectivity index (χ0v) is 13.2. The molecule has 19 heavy (non-hydrogen) atoms. The second kappa shape index (κ2) is 7.50. The SMILES string of the molecule is CC(C)CNC(=O)COc1cc(Br)ccc1[C@@H](C)N. The standard InChI is InChI=1S/C14H21BrN2O2/c1-9(2)7-17-14(18)8-19-13-6-11(15)4-5-12(13)10(3)16/h4-6,9-10H,7-8,16H2,1-3H3,(H,17,18)/t10-/m1/s1. The van der Waals surface area contributed by atoms with E-state index in [1.807, 2.05) is 39.0 Å². The van der Waals surface area contributed by atoms with Gasteiger partial charge in [0.1, 0.15) is 5.75 Å². The van der Waals surface area contributed by atoms with E-state index in [-0.39, 0.29) is 18.6 Å². The van der Waals surface area contributed by atoms with Crippen molar-refractivity contribution in [3.8, 4) is 5.75 Å². The van der Waals surface area contributed by atoms with Crippen molar-refractivity contribution in [2.45, 2.75) is 26.8 Å². The number of ether oxygens (including phenoxy) is 1. The molecule has 1 atom stereocenters. The van der Waals surface area contributed by atoms with Crippen LogP contribution in [-0.2, 0) is 4.79 Å². The molecule has 0 saturated heterocycles. The first-order valence-electron chi connectivity index (χ1n) is 6.34. The van der Waals surface area contributed by atoms with Gasteiger partial charge in [0.2, 0.25) is 0 Å². The van der Waals surface area contributed by atoms with Crippen molar-refractivity contribution in [1.29, 1.82) is 0 Å². The Kier molecular flexibility index (Phi) is 6.31. The normalized spacial score (nSPS) is 12.3. The topological polar surface area (TPSA) is 64.3 Å². The molecule has 0 radical (unpaired) electrons. The first-order valence-corrected chi connectivity index (χ1v) is 7.14. The molecule has 1 aromatic rings. The highest BCUT2D eigenvalue weighted by Gasteiger charge is 2.10. The van der Waals surface area contributed by atoms with E-state index in [2.05, 4.69) is 21.2 Å². The molecule has 0 aromatic heterocycles. The van der Waals surface area contributed by atoms with Gasteiger partial charge < -0.3 is 15.8 Å². The van der Waals surface area contributed by atoms with E-state index in [1.54, 1.807) is 0 Å². The fourth-order valence-corrected chi connectivity index (χ4v) is 1.86. The second-order valence-corrected chi connectivity index (χ2v) is 5.87. The van der Waals surface area contributed by atoms with Gasteiger partial charge in [0, 0.05) is 22.6 Å². The molecule has 1 rings (SSSR count). The average molecular weight is 329 g/mol. The minimum absolute atomic E-state index is 0.00287. The first-order chi connectivity index (χ1) is 8.90. The molecule has 0 spiro atoms. The Bertz CT molecular complexity index is 433. The quantitative estimate of drug-likeness (QED) is 0.843. The Morgan fingerprint density at radius 1 is 1.42 bits per heavy atom. The largest absolute Gasteiger partial charge is 0.483 e. The van der Waals surface area contributed by atoms with Gasteiger partial charge in [-0.2, -0.15) is 0 Å². The highest BCUT2D eigenvalue weighted by molar-refractivity contribution is 9.10. The lowest BCUT2D eigenvalue weighted by atomic mass is 10.1. The van der Waals surface area contributed by atoms with Crippen molar-refractivity contribution >= 4 is 21.8 Å². The number of nitrogens with two attached hydrogens (primary N) is 1. The molecule has 0 aliphatic rings. The number of rotatable bonds is 6. The third-order valence-electron chi connectivity index (χ3n) is 2.53. The first kappa shape index (κ1) is 16.0. The molecule has 0 aliphatic heterocycles. The van der Waals surface area contributed by atoms with Crippen LogP contribution >= 0.6 is 15.9 Å². The van der Waals surface area contributed by atoms with Crippen LogP contribution < -0.4 is 15.8 Å². The monoisotopic (exact) mass is 328 g/mol. The summed E-state index contributed by atoms with van der Waals surface area (Å²) in [5.74, 6) is 0.947. The van der Waals surface area contributed by atoms with Gasteiger partial charge in [-0.05, 0) is 25.0 Å². The summed E-state index contributed by atoms with van der Waals surface area (Å²) < 4.78 is 6.45. The molecule has 0 bridgehead atoms. The lowest BCUT2D eigenvalue weighted by Gasteiger charge is -2.14. The fourth-order valence-electron chi connectivity index (χ4n) is 1.52. The number of halogens is 1. The Hall–Kier alpha value is -1.07. The summed E-state index contributed by atoms with van der Waals surface area (Å²) in [7, 11) is 0. The van der Waals surface area contributed by atoms with Crippen molar-refractivity contribution < 1.29 is 9.53 Å². The smallest absolute Gasteiger partial charge is 0.257 e. The Morgan fingerprint density at radius 3 is 2.68 bits per heavy atom. The van der Waals surface area contributed by atoms with E-state index >= 15 is 0 Å². The van der Waals surface area contributed by atoms with Crippen molar-refractivity contribution in [3.05, 3.63) is 28.2 Å². The summed E-state index contributed by atoms with van der Waals surface area (Å²) >= 11 is 3.38. The molecule has 0 heterocycles. The van der Waals surface area contributed by atoms with Gasteiger partial charge in [0.05, 0.1) is 0 Å². The molecule has 5 heteroatoms. The summed E-state index contributed by atoms with van der Waals surface area (Å²) in [6.45, 7) is 6.63. The van der Waals surface area contributed by atoms with Crippen LogP contribution in [0.1, 0.15) is 32.4 Å². The number of amides is 1. The Labute approximate surface area is 122 Å². The van der Waals surface area contributed by atoms with Crippen LogP contribution in [0.15, 0.2) is 22.7 Å². The zero-order valence-electron chi connectivity index (χ0n) is 11.6. The maximum Gasteiger partial charge on any atom is 0.257 e. The zero-order chi connectivity index (χ0) is 14.4. The van der Waals surface area contributed by atoms with Gasteiger partial charge >= 0.3 is 0 Å². The molecule has 1 aromatic carbocycles. The molecular formula is C14H21BrN2O2. The van der Waals surface area contributed by atoms with Crippen LogP contribution in [0.25, 0.3) is 0 Å². The molecule has 106 valence electrons. The number of carbonyl (C=O) groups excluding carboxylic acids is 1. The lowest BCUT2D eigenvalue weighted by molar-refractivity contribution is -0.123. The summed E-state index contributed by atoms with van der Waals surface area (Å²) in [5, 5.41) is 2.81. The van der Waals surface area contributed by atoms with Gasteiger partial charge in [-0.3, -0.25) is 4.79 Å². The predicted molar refractivity (Wildman–Crippen MR) is 80.1 cm³/mol. The van der Waals surface area contributed by atoms with E-state index in [0.717, 1.165) is 10.0 Å². The maximum absolute atomic E-state index is 11.6. The number of carbonyl (C=O) groups is 1. The van der Waals surface area contributed by atoms with E-state index < -0.39 is 0 Å². The van der Waals surface area contributed by atoms with E-state index in [9.17, 15) is 4.79 Å². The van der Waals surface area contributed by atoms with Crippen LogP contribution in [-0.4, -0.2) is 19.1 Å². The molecule has 0 fully saturated rings. The van der Waals surface area contributed by atoms with Crippen molar-refractivity contribution in [2.24, 2.45) is 11.7 Å². The Balaban J connectivity index is 2.61. The second-order valence-electron chi connectivity index (χ2n) is 4.96. The molecule has 0 aliphatic carbocycles. The summed E-state index contributed by atoms with van der Waals surface area (Å²) in [6.07, 6.45) is 0. The predicted octanol–water partition coefficient (Wildman–Crippen LogP) is 2.62. The maximum atomic E-state index is 11.6. The van der Waals surface area contributed by atoms with Gasteiger partial charge in [0.15, 0.2) is 6.61 Å². The van der Waals surface area contributed by atoms with Crippen LogP contribution in [0.3, 0.4) is 0 Å². The van der Waals surface area contributed by atoms with Crippen molar-refractivity contribution in [2.75, 3.05) is 13.2 Å². The minimum atomic E-state index is -0.137. The lowest BCUT2D eigenvalue weighted by Crippen LogP contribution is -2.31. The minimum Gasteiger partial charge on any atom is -0.483 e. The number of hydrogen-bond acceptors (Lipinski definition) is 3. The molecule has 0 saturated carbocycles. The van der Waals surface area contributed by atoms with Gasteiger partial charge in [-0.25, -0.2) is 0 Å². The molecule has 0 unspecified atom stereocenters. The summed E-state index contributed by atoms with van der Waals surface area (Å²) in [4.78, 5) is 11.6. The van der Waals surface area contributed by atoms with Crippen LogP contribution in [0.5, 0.6) is 5.75 Å². The average Bonchev–Trinajstić information content (AvgIpc) is 2.33. The molecule has 4 nitrogen and oxygen atoms in total. The Morgan fingerprint density at radius 2 is 2.11 bits per heavy atom. The highest BCUT2D eigenvalue weighted by Crippen LogP contribution is 2.27. The van der Waals surface area contributed by atoms with Crippen LogP contribution in [0.2, 0.25) is 0 Å². The highest BCUT2D eigenvalue weighted by atomic mass is 79.9. The van der Waals surface area contributed by atoms with Gasteiger partial charge in [-0.1, -0.05) is 35.8 Å². The van der Waals surface area contributed by atoms with Gasteiger partial charge in [0.25, 0.3) is 5.91 Å². The van der Waals surface area contributed by atoms with Crippen molar-refractivity contribution in [3.63, 3.8) is 0 Å². The number of hydrogen-bond donors (Lipinski definition) is 2. The summed E-state index contributed by atoms with van der Waals surface area (Å²) in [5.41, 5.74) is 6.76. The third kappa shape index (κ3) is 5.61. The van der Waals surface area contributed by atoms with Crippen LogP contribution in [0, 0.1) is 5.92 Å². The van der Waals surface area contributed by atoms with Crippen molar-refractivity contribution in [1.82, 2.24) is 5.32 Å².